The van der Waals surface area contributed by atoms with Crippen LogP contribution in [0, 0.1) is 0 Å². The van der Waals surface area contributed by atoms with E-state index in [0.29, 0.717) is 18.2 Å². The van der Waals surface area contributed by atoms with Gasteiger partial charge in [-0.05, 0) is 51.1 Å². The molecular formula is C15H23BrN2O. The van der Waals surface area contributed by atoms with Crippen LogP contribution in [0.5, 0.6) is 0 Å². The standard InChI is InChI=1S/C15H23BrN2O/c1-10(17-3)13-9-12(16)5-6-15(13)18(4)14-7-8-19-11(14)2/h5-6,9-11,14,17H,7-8H2,1-4H3. The lowest BCUT2D eigenvalue weighted by Gasteiger charge is -2.32. The Bertz CT molecular complexity index is 438. The second-order valence-corrected chi connectivity index (χ2v) is 6.17. The van der Waals surface area contributed by atoms with Crippen LogP contribution in [0.15, 0.2) is 22.7 Å². The molecule has 3 nitrogen and oxygen atoms in total. The Morgan fingerprint density at radius 1 is 1.47 bits per heavy atom. The van der Waals surface area contributed by atoms with Crippen molar-refractivity contribution in [1.29, 1.82) is 0 Å². The number of anilines is 1. The van der Waals surface area contributed by atoms with E-state index in [1.807, 2.05) is 7.05 Å². The van der Waals surface area contributed by atoms with Crippen LogP contribution in [0.1, 0.15) is 31.9 Å². The summed E-state index contributed by atoms with van der Waals surface area (Å²) in [5.41, 5.74) is 2.60. The predicted octanol–water partition coefficient (Wildman–Crippen LogP) is 3.34. The van der Waals surface area contributed by atoms with E-state index in [-0.39, 0.29) is 0 Å². The Labute approximate surface area is 124 Å². The largest absolute Gasteiger partial charge is 0.376 e. The molecule has 3 atom stereocenters. The first-order valence-electron chi connectivity index (χ1n) is 6.85. The molecule has 3 unspecified atom stereocenters. The van der Waals surface area contributed by atoms with E-state index < -0.39 is 0 Å². The Kier molecular flexibility index (Phi) is 4.87. The Morgan fingerprint density at radius 2 is 2.21 bits per heavy atom. The molecule has 1 aliphatic heterocycles. The maximum atomic E-state index is 5.69. The molecule has 106 valence electrons. The number of ether oxygens (including phenoxy) is 1. The zero-order valence-electron chi connectivity index (χ0n) is 12.1. The van der Waals surface area contributed by atoms with Crippen molar-refractivity contribution in [3.05, 3.63) is 28.2 Å². The van der Waals surface area contributed by atoms with Gasteiger partial charge in [-0.1, -0.05) is 15.9 Å². The van der Waals surface area contributed by atoms with Gasteiger partial charge < -0.3 is 15.0 Å². The second-order valence-electron chi connectivity index (χ2n) is 5.26. The van der Waals surface area contributed by atoms with Gasteiger partial charge in [0, 0.05) is 29.9 Å². The van der Waals surface area contributed by atoms with Crippen molar-refractivity contribution in [2.45, 2.75) is 38.5 Å². The summed E-state index contributed by atoms with van der Waals surface area (Å²) in [6.45, 7) is 5.21. The van der Waals surface area contributed by atoms with Crippen molar-refractivity contribution in [2.75, 3.05) is 25.6 Å². The van der Waals surface area contributed by atoms with Crippen LogP contribution >= 0.6 is 15.9 Å². The third-order valence-electron chi connectivity index (χ3n) is 4.10. The van der Waals surface area contributed by atoms with E-state index in [2.05, 4.69) is 65.2 Å². The van der Waals surface area contributed by atoms with Gasteiger partial charge in [0.2, 0.25) is 0 Å². The molecule has 4 heteroatoms. The van der Waals surface area contributed by atoms with Crippen molar-refractivity contribution in [1.82, 2.24) is 5.32 Å². The lowest BCUT2D eigenvalue weighted by atomic mass is 10.0. The first-order valence-corrected chi connectivity index (χ1v) is 7.65. The fourth-order valence-corrected chi connectivity index (χ4v) is 3.14. The molecule has 1 fully saturated rings. The van der Waals surface area contributed by atoms with Crippen LogP contribution in [0.4, 0.5) is 5.69 Å². The number of halogens is 1. The van der Waals surface area contributed by atoms with E-state index in [0.717, 1.165) is 17.5 Å². The zero-order valence-corrected chi connectivity index (χ0v) is 13.7. The number of rotatable bonds is 4. The van der Waals surface area contributed by atoms with Gasteiger partial charge in [0.25, 0.3) is 0 Å². The molecular weight excluding hydrogens is 304 g/mol. The first kappa shape index (κ1) is 14.8. The van der Waals surface area contributed by atoms with Crippen LogP contribution in [0.2, 0.25) is 0 Å². The summed E-state index contributed by atoms with van der Waals surface area (Å²) in [7, 11) is 4.17. The molecule has 0 aliphatic carbocycles. The Balaban J connectivity index is 2.32. The van der Waals surface area contributed by atoms with Crippen molar-refractivity contribution in [3.8, 4) is 0 Å². The zero-order chi connectivity index (χ0) is 14.0. The highest BCUT2D eigenvalue weighted by molar-refractivity contribution is 9.10. The number of nitrogens with zero attached hydrogens (tertiary/aromatic N) is 1. The number of nitrogens with one attached hydrogen (secondary N) is 1. The smallest absolute Gasteiger partial charge is 0.0750 e. The van der Waals surface area contributed by atoms with Crippen LogP contribution in [-0.4, -0.2) is 32.8 Å². The van der Waals surface area contributed by atoms with Crippen molar-refractivity contribution in [3.63, 3.8) is 0 Å². The molecule has 0 spiro atoms. The maximum absolute atomic E-state index is 5.69. The van der Waals surface area contributed by atoms with E-state index in [4.69, 9.17) is 4.74 Å². The highest BCUT2D eigenvalue weighted by Gasteiger charge is 2.29. The summed E-state index contributed by atoms with van der Waals surface area (Å²) < 4.78 is 6.81. The van der Waals surface area contributed by atoms with Crippen molar-refractivity contribution >= 4 is 21.6 Å². The molecule has 19 heavy (non-hydrogen) atoms. The average molecular weight is 327 g/mol. The van der Waals surface area contributed by atoms with Crippen molar-refractivity contribution < 1.29 is 4.74 Å². The molecule has 1 saturated heterocycles. The summed E-state index contributed by atoms with van der Waals surface area (Å²) in [6.07, 6.45) is 1.40. The molecule has 0 bridgehead atoms. The molecule has 1 aliphatic rings. The van der Waals surface area contributed by atoms with Crippen LogP contribution in [-0.2, 0) is 4.74 Å². The maximum Gasteiger partial charge on any atom is 0.0750 e. The third-order valence-corrected chi connectivity index (χ3v) is 4.60. The highest BCUT2D eigenvalue weighted by Crippen LogP contribution is 2.32. The molecule has 1 N–H and O–H groups in total. The van der Waals surface area contributed by atoms with Gasteiger partial charge in [0.15, 0.2) is 0 Å². The topological polar surface area (TPSA) is 24.5 Å². The van der Waals surface area contributed by atoms with Gasteiger partial charge in [-0.3, -0.25) is 0 Å². The highest BCUT2D eigenvalue weighted by atomic mass is 79.9. The predicted molar refractivity (Wildman–Crippen MR) is 83.8 cm³/mol. The number of hydrogen-bond acceptors (Lipinski definition) is 3. The first-order chi connectivity index (χ1) is 9.04. The fraction of sp³-hybridized carbons (Fsp3) is 0.600. The molecule has 0 radical (unpaired) electrons. The fourth-order valence-electron chi connectivity index (χ4n) is 2.76. The molecule has 1 heterocycles. The van der Waals surface area contributed by atoms with Gasteiger partial charge in [0.05, 0.1) is 12.1 Å². The van der Waals surface area contributed by atoms with Crippen molar-refractivity contribution in [2.24, 2.45) is 0 Å². The van der Waals surface area contributed by atoms with E-state index in [9.17, 15) is 0 Å². The minimum Gasteiger partial charge on any atom is -0.376 e. The molecule has 2 rings (SSSR count). The Morgan fingerprint density at radius 3 is 2.79 bits per heavy atom. The van der Waals surface area contributed by atoms with E-state index in [1.54, 1.807) is 0 Å². The lowest BCUT2D eigenvalue weighted by molar-refractivity contribution is 0.118. The number of benzene rings is 1. The molecule has 1 aromatic carbocycles. The van der Waals surface area contributed by atoms with Crippen LogP contribution in [0.25, 0.3) is 0 Å². The summed E-state index contributed by atoms with van der Waals surface area (Å²) in [5, 5.41) is 3.33. The van der Waals surface area contributed by atoms with Crippen LogP contribution < -0.4 is 10.2 Å². The van der Waals surface area contributed by atoms with Gasteiger partial charge >= 0.3 is 0 Å². The van der Waals surface area contributed by atoms with Gasteiger partial charge in [0.1, 0.15) is 0 Å². The van der Waals surface area contributed by atoms with Crippen LogP contribution in [0.3, 0.4) is 0 Å². The summed E-state index contributed by atoms with van der Waals surface area (Å²) in [4.78, 5) is 2.37. The SMILES string of the molecule is CNC(C)c1cc(Br)ccc1N(C)C1CCOC1C. The summed E-state index contributed by atoms with van der Waals surface area (Å²) in [5.74, 6) is 0. The minimum absolute atomic E-state index is 0.298. The van der Waals surface area contributed by atoms with Gasteiger partial charge in [-0.2, -0.15) is 0 Å². The Hall–Kier alpha value is -0.580. The lowest BCUT2D eigenvalue weighted by Crippen LogP contribution is -2.37. The number of likely N-dealkylation sites (N-methyl/N-ethyl adjacent to an activating group) is 1. The van der Waals surface area contributed by atoms with E-state index >= 15 is 0 Å². The summed E-state index contributed by atoms with van der Waals surface area (Å²) in [6, 6.07) is 7.29. The molecule has 0 saturated carbocycles. The molecule has 0 amide bonds. The molecule has 1 aromatic rings. The minimum atomic E-state index is 0.298. The second kappa shape index (κ2) is 6.25. The third kappa shape index (κ3) is 3.12. The van der Waals surface area contributed by atoms with E-state index in [1.165, 1.54) is 11.3 Å². The van der Waals surface area contributed by atoms with Gasteiger partial charge in [-0.25, -0.2) is 0 Å². The normalized spacial score (nSPS) is 24.5. The average Bonchev–Trinajstić information content (AvgIpc) is 2.83. The molecule has 0 aromatic heterocycles. The monoisotopic (exact) mass is 326 g/mol. The van der Waals surface area contributed by atoms with Gasteiger partial charge in [-0.15, -0.1) is 0 Å². The quantitative estimate of drug-likeness (QED) is 0.918. The number of hydrogen-bond donors (Lipinski definition) is 1. The summed E-state index contributed by atoms with van der Waals surface area (Å²) >= 11 is 3.57.